The topological polar surface area (TPSA) is 102 Å². The molecule has 0 spiro atoms. The summed E-state index contributed by atoms with van der Waals surface area (Å²) in [5.74, 6) is 0.860. The number of nitrogens with zero attached hydrogens (tertiary/aromatic N) is 5. The number of methoxy groups -OCH3 is 2. The summed E-state index contributed by atoms with van der Waals surface area (Å²) in [5.41, 5.74) is 3.24. The van der Waals surface area contributed by atoms with E-state index in [-0.39, 0.29) is 6.04 Å². The van der Waals surface area contributed by atoms with Crippen molar-refractivity contribution in [3.63, 3.8) is 0 Å². The van der Waals surface area contributed by atoms with Crippen LogP contribution in [0.4, 0.5) is 0 Å². The molecule has 152 valence electrons. The second kappa shape index (κ2) is 7.86. The van der Waals surface area contributed by atoms with E-state index in [0.717, 1.165) is 16.5 Å². The van der Waals surface area contributed by atoms with Crippen LogP contribution in [0.5, 0.6) is 11.5 Å². The lowest BCUT2D eigenvalue weighted by molar-refractivity contribution is 0.395. The Balaban J connectivity index is 1.82. The molecule has 0 bridgehead atoms. The van der Waals surface area contributed by atoms with Gasteiger partial charge in [-0.05, 0) is 13.0 Å². The van der Waals surface area contributed by atoms with Gasteiger partial charge in [0.1, 0.15) is 23.2 Å². The number of halogens is 2. The summed E-state index contributed by atoms with van der Waals surface area (Å²) in [6, 6.07) is 5.20. The van der Waals surface area contributed by atoms with E-state index in [9.17, 15) is 0 Å². The summed E-state index contributed by atoms with van der Waals surface area (Å²) in [6.07, 6.45) is 5.13. The molecule has 0 saturated heterocycles. The lowest BCUT2D eigenvalue weighted by atomic mass is 10.1. The van der Waals surface area contributed by atoms with Gasteiger partial charge < -0.3 is 9.47 Å². The number of ether oxygens (including phenoxy) is 2. The lowest BCUT2D eigenvalue weighted by Crippen LogP contribution is -2.01. The molecule has 1 unspecified atom stereocenters. The predicted octanol–water partition coefficient (Wildman–Crippen LogP) is 4.90. The van der Waals surface area contributed by atoms with Crippen molar-refractivity contribution in [2.24, 2.45) is 0 Å². The molecule has 4 rings (SSSR count). The van der Waals surface area contributed by atoms with Crippen LogP contribution >= 0.6 is 23.2 Å². The van der Waals surface area contributed by atoms with Crippen LogP contribution in [-0.4, -0.2) is 39.2 Å². The predicted molar refractivity (Wildman–Crippen MR) is 114 cm³/mol. The van der Waals surface area contributed by atoms with E-state index < -0.39 is 0 Å². The number of hydrogen-bond acceptors (Lipinski definition) is 6. The zero-order chi connectivity index (χ0) is 21.4. The van der Waals surface area contributed by atoms with Gasteiger partial charge in [0.25, 0.3) is 0 Å². The molecule has 10 heteroatoms. The number of benzene rings is 1. The van der Waals surface area contributed by atoms with Crippen LogP contribution in [0.2, 0.25) is 10.0 Å². The van der Waals surface area contributed by atoms with Crippen LogP contribution in [-0.2, 0) is 0 Å². The first kappa shape index (κ1) is 20.0. The van der Waals surface area contributed by atoms with Gasteiger partial charge in [-0.1, -0.05) is 23.2 Å². The molecule has 1 atom stereocenters. The molecular weight excluding hydrogens is 427 g/mol. The average Bonchev–Trinajstić information content (AvgIpc) is 3.40. The smallest absolute Gasteiger partial charge is 0.141 e. The first-order chi connectivity index (χ1) is 14.5. The molecule has 1 aromatic carbocycles. The third-order valence-corrected chi connectivity index (χ3v) is 5.49. The Kier molecular flexibility index (Phi) is 5.24. The van der Waals surface area contributed by atoms with E-state index in [0.29, 0.717) is 38.5 Å². The molecule has 3 heterocycles. The molecule has 0 aliphatic carbocycles. The van der Waals surface area contributed by atoms with Crippen molar-refractivity contribution in [1.82, 2.24) is 25.0 Å². The minimum atomic E-state index is -0.374. The molecule has 0 fully saturated rings. The summed E-state index contributed by atoms with van der Waals surface area (Å²) in [7, 11) is 3.03. The fraction of sp³-hybridized carbons (Fsp3) is 0.200. The number of hydrogen-bond donors (Lipinski definition) is 1. The Morgan fingerprint density at radius 1 is 1.13 bits per heavy atom. The zero-order valence-electron chi connectivity index (χ0n) is 16.3. The van der Waals surface area contributed by atoms with E-state index in [1.54, 1.807) is 42.3 Å². The minimum Gasteiger partial charge on any atom is -0.495 e. The number of fused-ring (bicyclic) bond motifs is 1. The molecule has 4 aromatic rings. The number of pyridine rings is 1. The number of nitriles is 1. The van der Waals surface area contributed by atoms with Crippen molar-refractivity contribution < 1.29 is 9.47 Å². The second-order valence-electron chi connectivity index (χ2n) is 6.49. The highest BCUT2D eigenvalue weighted by Crippen LogP contribution is 2.45. The van der Waals surface area contributed by atoms with Gasteiger partial charge in [-0.15, -0.1) is 0 Å². The summed E-state index contributed by atoms with van der Waals surface area (Å²) in [5, 5.41) is 22.2. The Labute approximate surface area is 182 Å². The number of nitrogens with one attached hydrogen (secondary N) is 1. The molecule has 30 heavy (non-hydrogen) atoms. The van der Waals surface area contributed by atoms with Crippen LogP contribution in [0.15, 0.2) is 30.7 Å². The Bertz CT molecular complexity index is 1260. The third kappa shape index (κ3) is 3.22. The molecular formula is C20H16Cl2N6O2. The fourth-order valence-corrected chi connectivity index (χ4v) is 3.81. The molecule has 0 aliphatic heterocycles. The molecule has 1 N–H and O–H groups in total. The van der Waals surface area contributed by atoms with E-state index >= 15 is 0 Å². The first-order valence-corrected chi connectivity index (χ1v) is 9.62. The highest BCUT2D eigenvalue weighted by atomic mass is 35.5. The van der Waals surface area contributed by atoms with E-state index in [1.165, 1.54) is 14.2 Å². The van der Waals surface area contributed by atoms with Crippen LogP contribution in [0.1, 0.15) is 13.0 Å². The monoisotopic (exact) mass is 442 g/mol. The maximum absolute atomic E-state index is 9.08. The van der Waals surface area contributed by atoms with Crippen molar-refractivity contribution in [1.29, 1.82) is 5.26 Å². The number of rotatable bonds is 5. The molecule has 0 radical (unpaired) electrons. The highest BCUT2D eigenvalue weighted by Gasteiger charge is 2.21. The zero-order valence-corrected chi connectivity index (χ0v) is 17.8. The van der Waals surface area contributed by atoms with Crippen molar-refractivity contribution in [2.75, 3.05) is 14.2 Å². The molecule has 0 aliphatic rings. The van der Waals surface area contributed by atoms with Crippen molar-refractivity contribution in [3.05, 3.63) is 40.8 Å². The highest BCUT2D eigenvalue weighted by molar-refractivity contribution is 6.41. The normalized spacial score (nSPS) is 12.0. The molecule has 0 saturated carbocycles. The first-order valence-electron chi connectivity index (χ1n) is 8.87. The summed E-state index contributed by atoms with van der Waals surface area (Å²) < 4.78 is 12.3. The van der Waals surface area contributed by atoms with Gasteiger partial charge in [0.15, 0.2) is 0 Å². The van der Waals surface area contributed by atoms with Gasteiger partial charge in [0.2, 0.25) is 0 Å². The SMILES string of the molecule is COc1cc(OC)c(Cl)c(-c2cc3[nH]nc(-c4cnn(C(C)C#N)c4)c3cn2)c1Cl. The van der Waals surface area contributed by atoms with E-state index in [4.69, 9.17) is 37.9 Å². The Hall–Kier alpha value is -3.28. The van der Waals surface area contributed by atoms with Gasteiger partial charge in [0, 0.05) is 35.0 Å². The summed E-state index contributed by atoms with van der Waals surface area (Å²) in [4.78, 5) is 4.55. The number of H-pyrrole nitrogens is 1. The number of aromatic nitrogens is 5. The molecule has 3 aromatic heterocycles. The fourth-order valence-electron chi connectivity index (χ4n) is 3.11. The summed E-state index contributed by atoms with van der Waals surface area (Å²) >= 11 is 13.0. The maximum atomic E-state index is 9.08. The Morgan fingerprint density at radius 3 is 2.47 bits per heavy atom. The van der Waals surface area contributed by atoms with Crippen LogP contribution < -0.4 is 9.47 Å². The van der Waals surface area contributed by atoms with Gasteiger partial charge in [-0.25, -0.2) is 0 Å². The van der Waals surface area contributed by atoms with Gasteiger partial charge >= 0.3 is 0 Å². The average molecular weight is 443 g/mol. The van der Waals surface area contributed by atoms with Gasteiger partial charge in [0.05, 0.1) is 47.7 Å². The van der Waals surface area contributed by atoms with Crippen molar-refractivity contribution >= 4 is 34.1 Å². The van der Waals surface area contributed by atoms with Gasteiger partial charge in [-0.3, -0.25) is 14.8 Å². The minimum absolute atomic E-state index is 0.335. The maximum Gasteiger partial charge on any atom is 0.141 e. The Morgan fingerprint density at radius 2 is 1.83 bits per heavy atom. The number of aromatic amines is 1. The third-order valence-electron chi connectivity index (χ3n) is 4.74. The van der Waals surface area contributed by atoms with E-state index in [2.05, 4.69) is 26.3 Å². The summed E-state index contributed by atoms with van der Waals surface area (Å²) in [6.45, 7) is 1.77. The lowest BCUT2D eigenvalue weighted by Gasteiger charge is -2.14. The van der Waals surface area contributed by atoms with Gasteiger partial charge in [-0.2, -0.15) is 15.5 Å². The quantitative estimate of drug-likeness (QED) is 0.471. The van der Waals surface area contributed by atoms with Crippen molar-refractivity contribution in [2.45, 2.75) is 13.0 Å². The second-order valence-corrected chi connectivity index (χ2v) is 7.24. The van der Waals surface area contributed by atoms with E-state index in [1.807, 2.05) is 0 Å². The van der Waals surface area contributed by atoms with Crippen molar-refractivity contribution in [3.8, 4) is 40.1 Å². The molecule has 0 amide bonds. The van der Waals surface area contributed by atoms with Crippen LogP contribution in [0.25, 0.3) is 33.4 Å². The van der Waals surface area contributed by atoms with Crippen LogP contribution in [0, 0.1) is 11.3 Å². The standard InChI is InChI=1S/C20H16Cl2N6O2/c1-10(6-23)28-9-11(7-25-28)20-12-8-24-14(4-13(12)26-27-20)17-18(21)15(29-2)5-16(30-3)19(17)22/h4-5,7-10H,1-3H3,(H,26,27). The molecule has 8 nitrogen and oxygen atoms in total. The largest absolute Gasteiger partial charge is 0.495 e. The van der Waals surface area contributed by atoms with Crippen LogP contribution in [0.3, 0.4) is 0 Å².